The Morgan fingerprint density at radius 1 is 1.50 bits per heavy atom. The van der Waals surface area contributed by atoms with Crippen molar-refractivity contribution in [1.82, 2.24) is 15.1 Å². The van der Waals surface area contributed by atoms with Crippen LogP contribution < -0.4 is 10.9 Å². The molecule has 1 aromatic rings. The van der Waals surface area contributed by atoms with Crippen molar-refractivity contribution in [3.63, 3.8) is 0 Å². The van der Waals surface area contributed by atoms with Gasteiger partial charge in [-0.05, 0) is 12.3 Å². The summed E-state index contributed by atoms with van der Waals surface area (Å²) in [5.41, 5.74) is 2.18. The first-order valence-electron chi connectivity index (χ1n) is 5.12. The molecule has 2 rings (SSSR count). The van der Waals surface area contributed by atoms with Crippen molar-refractivity contribution in [2.45, 2.75) is 26.3 Å². The third-order valence-electron chi connectivity index (χ3n) is 2.89. The molecule has 4 heteroatoms. The summed E-state index contributed by atoms with van der Waals surface area (Å²) < 4.78 is 1.58. The topological polar surface area (TPSA) is 49.8 Å². The highest BCUT2D eigenvalue weighted by Crippen LogP contribution is 2.24. The van der Waals surface area contributed by atoms with Crippen LogP contribution in [0.3, 0.4) is 0 Å². The van der Waals surface area contributed by atoms with E-state index in [1.807, 2.05) is 0 Å². The Hall–Kier alpha value is -1.03. The van der Waals surface area contributed by atoms with Crippen molar-refractivity contribution in [2.24, 2.45) is 13.0 Å². The monoisotopic (exact) mass is 195 g/mol. The normalized spacial score (nSPS) is 21.3. The number of fused-ring (bicyclic) bond motifs is 1. The van der Waals surface area contributed by atoms with E-state index in [1.54, 1.807) is 11.7 Å². The summed E-state index contributed by atoms with van der Waals surface area (Å²) in [6.45, 7) is 5.24. The molecule has 0 fully saturated rings. The summed E-state index contributed by atoms with van der Waals surface area (Å²) >= 11 is 0. The second-order valence-electron chi connectivity index (χ2n) is 4.29. The molecule has 1 aliphatic heterocycles. The summed E-state index contributed by atoms with van der Waals surface area (Å²) in [5.74, 6) is 0.507. The van der Waals surface area contributed by atoms with Gasteiger partial charge in [-0.3, -0.25) is 14.6 Å². The number of aromatic nitrogens is 2. The van der Waals surface area contributed by atoms with E-state index in [2.05, 4.69) is 24.3 Å². The molecule has 1 aliphatic rings. The lowest BCUT2D eigenvalue weighted by Gasteiger charge is -2.26. The second-order valence-corrected chi connectivity index (χ2v) is 4.29. The van der Waals surface area contributed by atoms with Crippen LogP contribution >= 0.6 is 0 Å². The Kier molecular flexibility index (Phi) is 2.23. The minimum absolute atomic E-state index is 0.132. The lowest BCUT2D eigenvalue weighted by atomic mass is 9.94. The Bertz CT molecular complexity index is 389. The van der Waals surface area contributed by atoms with E-state index < -0.39 is 0 Å². The summed E-state index contributed by atoms with van der Waals surface area (Å²) in [6, 6.07) is 0.299. The minimum Gasteiger partial charge on any atom is -0.308 e. The maximum Gasteiger partial charge on any atom is 0.269 e. The maximum absolute atomic E-state index is 11.7. The number of hydrogen-bond donors (Lipinski definition) is 2. The fourth-order valence-electron chi connectivity index (χ4n) is 2.14. The molecule has 0 bridgehead atoms. The zero-order chi connectivity index (χ0) is 10.3. The molecule has 78 valence electrons. The smallest absolute Gasteiger partial charge is 0.269 e. The number of rotatable bonds is 1. The SMILES string of the molecule is CC(C)C1NCCc2c1[nH]n(C)c2=O. The lowest BCUT2D eigenvalue weighted by Crippen LogP contribution is -2.34. The first-order chi connectivity index (χ1) is 6.61. The van der Waals surface area contributed by atoms with Gasteiger partial charge in [-0.1, -0.05) is 13.8 Å². The zero-order valence-corrected chi connectivity index (χ0v) is 8.92. The molecule has 0 aliphatic carbocycles. The molecule has 0 aromatic carbocycles. The standard InChI is InChI=1S/C10H17N3O/c1-6(2)8-9-7(4-5-11-8)10(14)13(3)12-9/h6,8,11-12H,4-5H2,1-3H3. The average Bonchev–Trinajstić information content (AvgIpc) is 2.43. The summed E-state index contributed by atoms with van der Waals surface area (Å²) in [4.78, 5) is 11.7. The molecule has 14 heavy (non-hydrogen) atoms. The van der Waals surface area contributed by atoms with Gasteiger partial charge in [0.05, 0.1) is 11.7 Å². The predicted octanol–water partition coefficient (Wildman–Crippen LogP) is 0.556. The molecule has 1 unspecified atom stereocenters. The van der Waals surface area contributed by atoms with Crippen LogP contribution in [0.15, 0.2) is 4.79 Å². The number of nitrogens with one attached hydrogen (secondary N) is 2. The van der Waals surface area contributed by atoms with Gasteiger partial charge in [0.25, 0.3) is 5.56 Å². The number of H-pyrrole nitrogens is 1. The Balaban J connectivity index is 2.50. The van der Waals surface area contributed by atoms with Crippen molar-refractivity contribution >= 4 is 0 Å². The number of nitrogens with zero attached hydrogens (tertiary/aromatic N) is 1. The van der Waals surface area contributed by atoms with Gasteiger partial charge in [-0.2, -0.15) is 0 Å². The van der Waals surface area contributed by atoms with Crippen LogP contribution in [0.4, 0.5) is 0 Å². The first kappa shape index (κ1) is 9.52. The van der Waals surface area contributed by atoms with E-state index in [9.17, 15) is 4.79 Å². The molecule has 1 atom stereocenters. The highest BCUT2D eigenvalue weighted by molar-refractivity contribution is 5.24. The Morgan fingerprint density at radius 3 is 2.86 bits per heavy atom. The maximum atomic E-state index is 11.7. The first-order valence-corrected chi connectivity index (χ1v) is 5.12. The molecule has 2 heterocycles. The van der Waals surface area contributed by atoms with Crippen molar-refractivity contribution in [1.29, 1.82) is 0 Å². The molecule has 0 amide bonds. The van der Waals surface area contributed by atoms with Crippen molar-refractivity contribution in [3.8, 4) is 0 Å². The van der Waals surface area contributed by atoms with Crippen LogP contribution in [0.25, 0.3) is 0 Å². The van der Waals surface area contributed by atoms with E-state index in [4.69, 9.17) is 0 Å². The molecular weight excluding hydrogens is 178 g/mol. The van der Waals surface area contributed by atoms with Gasteiger partial charge in [-0.25, -0.2) is 0 Å². The molecule has 0 spiro atoms. The van der Waals surface area contributed by atoms with Crippen molar-refractivity contribution in [2.75, 3.05) is 6.54 Å². The molecule has 2 N–H and O–H groups in total. The van der Waals surface area contributed by atoms with E-state index >= 15 is 0 Å². The largest absolute Gasteiger partial charge is 0.308 e. The zero-order valence-electron chi connectivity index (χ0n) is 8.92. The average molecular weight is 195 g/mol. The highest BCUT2D eigenvalue weighted by Gasteiger charge is 2.26. The van der Waals surface area contributed by atoms with E-state index in [1.165, 1.54) is 0 Å². The van der Waals surface area contributed by atoms with Crippen molar-refractivity contribution in [3.05, 3.63) is 21.6 Å². The van der Waals surface area contributed by atoms with Gasteiger partial charge in [0.1, 0.15) is 0 Å². The molecule has 4 nitrogen and oxygen atoms in total. The highest BCUT2D eigenvalue weighted by atomic mass is 16.1. The third kappa shape index (κ3) is 1.30. The van der Waals surface area contributed by atoms with Gasteiger partial charge >= 0.3 is 0 Å². The van der Waals surface area contributed by atoms with Crippen LogP contribution in [0, 0.1) is 5.92 Å². The summed E-state index contributed by atoms with van der Waals surface area (Å²) in [6.07, 6.45) is 0.842. The fraction of sp³-hybridized carbons (Fsp3) is 0.700. The fourth-order valence-corrected chi connectivity index (χ4v) is 2.14. The second kappa shape index (κ2) is 3.28. The Morgan fingerprint density at radius 2 is 2.21 bits per heavy atom. The predicted molar refractivity (Wildman–Crippen MR) is 55.3 cm³/mol. The number of aryl methyl sites for hydroxylation is 1. The quantitative estimate of drug-likeness (QED) is 0.687. The minimum atomic E-state index is 0.132. The van der Waals surface area contributed by atoms with Gasteiger partial charge in [0.15, 0.2) is 0 Å². The Labute approximate surface area is 83.3 Å². The van der Waals surface area contributed by atoms with Gasteiger partial charge in [0, 0.05) is 19.2 Å². The summed E-state index contributed by atoms with van der Waals surface area (Å²) in [5, 5.41) is 6.57. The van der Waals surface area contributed by atoms with Crippen LogP contribution in [-0.4, -0.2) is 16.3 Å². The molecule has 1 aromatic heterocycles. The van der Waals surface area contributed by atoms with Crippen LogP contribution in [-0.2, 0) is 13.5 Å². The molecule has 0 radical (unpaired) electrons. The van der Waals surface area contributed by atoms with Gasteiger partial charge in [0.2, 0.25) is 0 Å². The van der Waals surface area contributed by atoms with Crippen LogP contribution in [0.1, 0.15) is 31.1 Å². The van der Waals surface area contributed by atoms with Gasteiger partial charge in [-0.15, -0.1) is 0 Å². The number of aromatic amines is 1. The van der Waals surface area contributed by atoms with E-state index in [0.717, 1.165) is 24.2 Å². The van der Waals surface area contributed by atoms with Crippen molar-refractivity contribution < 1.29 is 0 Å². The third-order valence-corrected chi connectivity index (χ3v) is 2.89. The molecule has 0 saturated heterocycles. The lowest BCUT2D eigenvalue weighted by molar-refractivity contribution is 0.385. The van der Waals surface area contributed by atoms with E-state index in [-0.39, 0.29) is 5.56 Å². The van der Waals surface area contributed by atoms with Gasteiger partial charge < -0.3 is 5.32 Å². The number of hydrogen-bond acceptors (Lipinski definition) is 2. The van der Waals surface area contributed by atoms with Crippen LogP contribution in [0.5, 0.6) is 0 Å². The van der Waals surface area contributed by atoms with Crippen LogP contribution in [0.2, 0.25) is 0 Å². The molecular formula is C10H17N3O. The summed E-state index contributed by atoms with van der Waals surface area (Å²) in [7, 11) is 1.78. The molecule has 0 saturated carbocycles. The van der Waals surface area contributed by atoms with E-state index in [0.29, 0.717) is 12.0 Å².